The summed E-state index contributed by atoms with van der Waals surface area (Å²) in [6.07, 6.45) is 13.3. The molecule has 0 saturated carbocycles. The number of nitrogens with zero attached hydrogens (tertiary/aromatic N) is 4. The molecule has 45 heavy (non-hydrogen) atoms. The molecule has 4 aliphatic heterocycles. The van der Waals surface area contributed by atoms with Crippen LogP contribution < -0.4 is 11.1 Å². The quantitative estimate of drug-likeness (QED) is 0.323. The summed E-state index contributed by atoms with van der Waals surface area (Å²) in [5.41, 5.74) is 9.76. The third-order valence-corrected chi connectivity index (χ3v) is 11.2. The van der Waals surface area contributed by atoms with Gasteiger partial charge < -0.3 is 30.7 Å². The van der Waals surface area contributed by atoms with Gasteiger partial charge in [-0.2, -0.15) is 0 Å². The largest absolute Gasteiger partial charge is 0.397 e. The van der Waals surface area contributed by atoms with Gasteiger partial charge in [0.15, 0.2) is 0 Å². The molecule has 0 unspecified atom stereocenters. The highest BCUT2D eigenvalue weighted by atomic mass is 35.5. The number of piperidine rings is 3. The van der Waals surface area contributed by atoms with E-state index < -0.39 is 5.92 Å². The first-order valence-electron chi connectivity index (χ1n) is 16.3. The summed E-state index contributed by atoms with van der Waals surface area (Å²) >= 11 is 8.00. The normalized spacial score (nSPS) is 20.8. The number of nitrogens with one attached hydrogen (secondary N) is 1. The van der Waals surface area contributed by atoms with E-state index in [9.17, 15) is 14.4 Å². The van der Waals surface area contributed by atoms with E-state index >= 15 is 0 Å². The molecule has 4 amide bonds. The number of likely N-dealkylation sites (tertiary alicyclic amines) is 3. The Morgan fingerprint density at radius 1 is 1.00 bits per heavy atom. The van der Waals surface area contributed by atoms with Crippen molar-refractivity contribution in [1.82, 2.24) is 19.6 Å². The SMILES string of the molecule is C#Cc1cc(C[C@@H](CC(=O)N2CCC(N3Cc4cscc4NC3=O)CC2)C(=O)N2CCC(N3CCCCC3)CC2)cc(Cl)c1N. The number of amides is 4. The summed E-state index contributed by atoms with van der Waals surface area (Å²) in [5.74, 6) is 2.05. The van der Waals surface area contributed by atoms with Crippen LogP contribution in [0.2, 0.25) is 5.02 Å². The lowest BCUT2D eigenvalue weighted by molar-refractivity contribution is -0.143. The van der Waals surface area contributed by atoms with Crippen molar-refractivity contribution >= 4 is 52.2 Å². The fourth-order valence-electron chi connectivity index (χ4n) is 7.50. The number of carbonyl (C=O) groups excluding carboxylic acids is 3. The van der Waals surface area contributed by atoms with E-state index in [2.05, 4.69) is 21.5 Å². The molecule has 1 aromatic heterocycles. The highest BCUT2D eigenvalue weighted by Gasteiger charge is 2.36. The molecule has 3 N–H and O–H groups in total. The van der Waals surface area contributed by atoms with Gasteiger partial charge in [-0.05, 0) is 81.1 Å². The van der Waals surface area contributed by atoms with Crippen molar-refractivity contribution in [3.8, 4) is 12.3 Å². The van der Waals surface area contributed by atoms with Gasteiger partial charge in [0, 0.05) is 61.2 Å². The highest BCUT2D eigenvalue weighted by molar-refractivity contribution is 7.08. The van der Waals surface area contributed by atoms with Crippen LogP contribution in [0.15, 0.2) is 22.9 Å². The molecule has 0 radical (unpaired) electrons. The van der Waals surface area contributed by atoms with Crippen molar-refractivity contribution in [2.24, 2.45) is 5.92 Å². The van der Waals surface area contributed by atoms with Crippen molar-refractivity contribution in [2.45, 2.75) is 76.4 Å². The number of hydrogen-bond acceptors (Lipinski definition) is 6. The second kappa shape index (κ2) is 14.0. The maximum Gasteiger partial charge on any atom is 0.322 e. The zero-order valence-electron chi connectivity index (χ0n) is 25.8. The van der Waals surface area contributed by atoms with Crippen LogP contribution in [0, 0.1) is 18.3 Å². The molecule has 6 rings (SSSR count). The number of halogens is 1. The van der Waals surface area contributed by atoms with Crippen molar-refractivity contribution in [1.29, 1.82) is 0 Å². The first kappa shape index (κ1) is 31.7. The van der Waals surface area contributed by atoms with Crippen LogP contribution in [-0.2, 0) is 22.6 Å². The molecule has 1 atom stereocenters. The van der Waals surface area contributed by atoms with E-state index in [1.165, 1.54) is 19.3 Å². The van der Waals surface area contributed by atoms with Gasteiger partial charge >= 0.3 is 6.03 Å². The summed E-state index contributed by atoms with van der Waals surface area (Å²) < 4.78 is 0. The van der Waals surface area contributed by atoms with Crippen LogP contribution in [0.3, 0.4) is 0 Å². The number of fused-ring (bicyclic) bond motifs is 1. The van der Waals surface area contributed by atoms with Crippen molar-refractivity contribution < 1.29 is 14.4 Å². The van der Waals surface area contributed by atoms with Crippen LogP contribution in [0.1, 0.15) is 68.1 Å². The Kier molecular flexibility index (Phi) is 9.88. The van der Waals surface area contributed by atoms with Gasteiger partial charge in [-0.1, -0.05) is 23.9 Å². The van der Waals surface area contributed by atoms with Crippen LogP contribution >= 0.6 is 22.9 Å². The van der Waals surface area contributed by atoms with Crippen LogP contribution in [0.4, 0.5) is 16.2 Å². The first-order valence-corrected chi connectivity index (χ1v) is 17.6. The number of thiophene rings is 1. The lowest BCUT2D eigenvalue weighted by Gasteiger charge is -2.41. The molecule has 1 aromatic carbocycles. The van der Waals surface area contributed by atoms with E-state index in [1.807, 2.05) is 26.1 Å². The molecule has 0 bridgehead atoms. The third kappa shape index (κ3) is 7.11. The summed E-state index contributed by atoms with van der Waals surface area (Å²) in [5, 5.41) is 7.40. The van der Waals surface area contributed by atoms with E-state index in [0.29, 0.717) is 74.3 Å². The predicted molar refractivity (Wildman–Crippen MR) is 179 cm³/mol. The third-order valence-electron chi connectivity index (χ3n) is 10.1. The highest BCUT2D eigenvalue weighted by Crippen LogP contribution is 2.32. The molecule has 3 fully saturated rings. The van der Waals surface area contributed by atoms with Crippen molar-refractivity contribution in [3.05, 3.63) is 44.6 Å². The Balaban J connectivity index is 1.11. The number of rotatable bonds is 7. The number of benzene rings is 1. The molecular weight excluding hydrogens is 608 g/mol. The topological polar surface area (TPSA) is 102 Å². The first-order chi connectivity index (χ1) is 21.8. The Morgan fingerprint density at radius 3 is 2.40 bits per heavy atom. The maximum absolute atomic E-state index is 14.1. The molecule has 5 heterocycles. The molecule has 2 aromatic rings. The Morgan fingerprint density at radius 2 is 1.69 bits per heavy atom. The molecule has 3 saturated heterocycles. The standard InChI is InChI=1S/C34H43ClN6O3S/c1-2-24-16-23(18-29(35)32(24)36)17-25(33(43)40-14-6-27(7-15-40)38-10-4-3-5-11-38)19-31(42)39-12-8-28(9-13-39)41-20-26-21-45-22-30(26)37-34(41)44/h1,16,18,21-22,25,27-28H,3-15,17,19-20,36H2,(H,37,44)/t25-/m0/s1. The average Bonchev–Trinajstić information content (AvgIpc) is 3.53. The van der Waals surface area contributed by atoms with E-state index in [4.69, 9.17) is 23.8 Å². The van der Waals surface area contributed by atoms with Gasteiger partial charge in [-0.15, -0.1) is 17.8 Å². The predicted octanol–water partition coefficient (Wildman–Crippen LogP) is 5.03. The molecule has 240 valence electrons. The van der Waals surface area contributed by atoms with Gasteiger partial charge in [0.25, 0.3) is 0 Å². The van der Waals surface area contributed by atoms with Gasteiger partial charge in [-0.25, -0.2) is 4.79 Å². The molecule has 9 nitrogen and oxygen atoms in total. The van der Waals surface area contributed by atoms with Crippen LogP contribution in [0.25, 0.3) is 0 Å². The average molecular weight is 651 g/mol. The van der Waals surface area contributed by atoms with Gasteiger partial charge in [0.2, 0.25) is 11.8 Å². The second-order valence-corrected chi connectivity index (χ2v) is 14.1. The molecule has 0 aliphatic carbocycles. The van der Waals surface area contributed by atoms with E-state index in [-0.39, 0.29) is 30.3 Å². The lowest BCUT2D eigenvalue weighted by atomic mass is 9.91. The number of nitrogens with two attached hydrogens (primary N) is 1. The maximum atomic E-state index is 14.1. The number of carbonyl (C=O) groups is 3. The zero-order valence-corrected chi connectivity index (χ0v) is 27.4. The smallest absolute Gasteiger partial charge is 0.322 e. The molecule has 0 spiro atoms. The molecule has 4 aliphatic rings. The lowest BCUT2D eigenvalue weighted by Crippen LogP contribution is -2.52. The minimum absolute atomic E-state index is 0.0158. The van der Waals surface area contributed by atoms with E-state index in [1.54, 1.807) is 17.4 Å². The summed E-state index contributed by atoms with van der Waals surface area (Å²) in [6, 6.07) is 4.09. The minimum Gasteiger partial charge on any atom is -0.397 e. The van der Waals surface area contributed by atoms with Gasteiger partial charge in [-0.3, -0.25) is 9.59 Å². The number of urea groups is 1. The number of anilines is 2. The van der Waals surface area contributed by atoms with Crippen molar-refractivity contribution in [3.63, 3.8) is 0 Å². The minimum atomic E-state index is -0.531. The number of terminal acetylenes is 1. The Bertz CT molecular complexity index is 1450. The zero-order chi connectivity index (χ0) is 31.5. The molecule has 11 heteroatoms. The monoisotopic (exact) mass is 650 g/mol. The summed E-state index contributed by atoms with van der Waals surface area (Å²) in [4.78, 5) is 48.9. The van der Waals surface area contributed by atoms with E-state index in [0.717, 1.165) is 42.7 Å². The second-order valence-electron chi connectivity index (χ2n) is 12.9. The Labute approximate surface area is 275 Å². The number of hydrogen-bond donors (Lipinski definition) is 2. The molecular formula is C34H43ClN6O3S. The van der Waals surface area contributed by atoms with Gasteiger partial charge in [0.1, 0.15) is 0 Å². The Hall–Kier alpha value is -3.26. The summed E-state index contributed by atoms with van der Waals surface area (Å²) in [7, 11) is 0. The van der Waals surface area contributed by atoms with Gasteiger partial charge in [0.05, 0.1) is 28.9 Å². The van der Waals surface area contributed by atoms with Crippen molar-refractivity contribution in [2.75, 3.05) is 50.3 Å². The fraction of sp³-hybridized carbons (Fsp3) is 0.559. The number of nitrogen functional groups attached to an aromatic ring is 1. The van der Waals surface area contributed by atoms with Crippen LogP contribution in [0.5, 0.6) is 0 Å². The summed E-state index contributed by atoms with van der Waals surface area (Å²) in [6.45, 7) is 5.42. The van der Waals surface area contributed by atoms with Crippen LogP contribution in [-0.4, -0.2) is 88.8 Å². The fourth-order valence-corrected chi connectivity index (χ4v) is 8.52.